The Balaban J connectivity index is 1.48. The summed E-state index contributed by atoms with van der Waals surface area (Å²) in [5.74, 6) is 1.98. The second-order valence-electron chi connectivity index (χ2n) is 5.48. The van der Waals surface area contributed by atoms with Crippen molar-refractivity contribution in [1.29, 1.82) is 0 Å². The highest BCUT2D eigenvalue weighted by Gasteiger charge is 2.15. The number of carbonyl (C=O) groups is 1. The quantitative estimate of drug-likeness (QED) is 0.530. The number of thioether (sulfide) groups is 1. The predicted octanol–water partition coefficient (Wildman–Crippen LogP) is 5.00. The summed E-state index contributed by atoms with van der Waals surface area (Å²) in [4.78, 5) is 19.1. The van der Waals surface area contributed by atoms with Gasteiger partial charge in [-0.05, 0) is 29.1 Å². The fraction of sp³-hybridized carbons (Fsp3) is 0.235. The first-order valence-corrected chi connectivity index (χ1v) is 10.4. The molecule has 0 spiro atoms. The summed E-state index contributed by atoms with van der Waals surface area (Å²) in [5.41, 5.74) is 1.03. The number of rotatable bonds is 7. The van der Waals surface area contributed by atoms with Gasteiger partial charge >= 0.3 is 0 Å². The van der Waals surface area contributed by atoms with Crippen LogP contribution in [0.2, 0.25) is 10.0 Å². The summed E-state index contributed by atoms with van der Waals surface area (Å²) in [6.07, 6.45) is 0. The van der Waals surface area contributed by atoms with E-state index < -0.39 is 0 Å². The Morgan fingerprint density at radius 3 is 2.88 bits per heavy atom. The number of amides is 1. The third kappa shape index (κ3) is 5.01. The third-order valence-corrected chi connectivity index (χ3v) is 6.08. The summed E-state index contributed by atoms with van der Waals surface area (Å²) >= 11 is 14.9. The molecule has 1 aromatic carbocycles. The number of carbonyl (C=O) groups excluding carboxylic acids is 1. The van der Waals surface area contributed by atoms with Crippen LogP contribution in [0.15, 0.2) is 40.2 Å². The van der Waals surface area contributed by atoms with Gasteiger partial charge in [0.05, 0.1) is 27.2 Å². The highest BCUT2D eigenvalue weighted by Crippen LogP contribution is 2.25. The molecule has 26 heavy (non-hydrogen) atoms. The number of thiophene rings is 1. The average Bonchev–Trinajstić information content (AvgIpc) is 3.29. The molecule has 0 aliphatic rings. The number of hydrogen-bond donors (Lipinski definition) is 0. The number of aromatic nitrogens is 2. The van der Waals surface area contributed by atoms with Crippen molar-refractivity contribution in [2.75, 3.05) is 12.8 Å². The third-order valence-electron chi connectivity index (χ3n) is 3.49. The molecule has 0 fully saturated rings. The lowest BCUT2D eigenvalue weighted by atomic mass is 10.2. The van der Waals surface area contributed by atoms with Crippen LogP contribution in [0, 0.1) is 0 Å². The summed E-state index contributed by atoms with van der Waals surface area (Å²) in [6.45, 7) is 0.282. The molecule has 0 saturated carbocycles. The van der Waals surface area contributed by atoms with Gasteiger partial charge in [0, 0.05) is 12.8 Å². The summed E-state index contributed by atoms with van der Waals surface area (Å²) in [5, 5.41) is 6.94. The normalized spacial score (nSPS) is 10.9. The van der Waals surface area contributed by atoms with Crippen molar-refractivity contribution < 1.29 is 9.32 Å². The van der Waals surface area contributed by atoms with Crippen molar-refractivity contribution in [3.05, 3.63) is 57.2 Å². The fourth-order valence-electron chi connectivity index (χ4n) is 2.11. The van der Waals surface area contributed by atoms with Gasteiger partial charge in [0.15, 0.2) is 0 Å². The molecule has 0 aliphatic carbocycles. The smallest absolute Gasteiger partial charge is 0.246 e. The maximum atomic E-state index is 12.3. The minimum absolute atomic E-state index is 0.00839. The molecule has 1 amide bonds. The number of hydrogen-bond acceptors (Lipinski definition) is 6. The molecule has 5 nitrogen and oxygen atoms in total. The Morgan fingerprint density at radius 1 is 1.31 bits per heavy atom. The van der Waals surface area contributed by atoms with E-state index in [0.717, 1.165) is 10.4 Å². The van der Waals surface area contributed by atoms with Gasteiger partial charge in [0.25, 0.3) is 0 Å². The van der Waals surface area contributed by atoms with Gasteiger partial charge in [0.1, 0.15) is 0 Å². The molecule has 0 saturated heterocycles. The van der Waals surface area contributed by atoms with Crippen molar-refractivity contribution in [2.45, 2.75) is 12.3 Å². The molecule has 136 valence electrons. The average molecular weight is 428 g/mol. The van der Waals surface area contributed by atoms with Crippen molar-refractivity contribution >= 4 is 52.2 Å². The number of halogens is 2. The van der Waals surface area contributed by atoms with E-state index in [-0.39, 0.29) is 12.5 Å². The van der Waals surface area contributed by atoms with Crippen molar-refractivity contribution in [3.8, 4) is 10.7 Å². The summed E-state index contributed by atoms with van der Waals surface area (Å²) < 4.78 is 5.23. The minimum atomic E-state index is -0.00839. The van der Waals surface area contributed by atoms with E-state index in [4.69, 9.17) is 27.7 Å². The first-order chi connectivity index (χ1) is 12.5. The van der Waals surface area contributed by atoms with Gasteiger partial charge in [-0.15, -0.1) is 23.1 Å². The zero-order valence-electron chi connectivity index (χ0n) is 13.8. The molecule has 0 bridgehead atoms. The predicted molar refractivity (Wildman–Crippen MR) is 107 cm³/mol. The lowest BCUT2D eigenvalue weighted by Crippen LogP contribution is -2.28. The van der Waals surface area contributed by atoms with Crippen LogP contribution < -0.4 is 0 Å². The van der Waals surface area contributed by atoms with Gasteiger partial charge in [-0.2, -0.15) is 4.98 Å². The molecular formula is C17H15Cl2N3O2S2. The molecule has 2 heterocycles. The van der Waals surface area contributed by atoms with E-state index in [0.29, 0.717) is 33.3 Å². The van der Waals surface area contributed by atoms with Crippen LogP contribution in [0.25, 0.3) is 10.7 Å². The lowest BCUT2D eigenvalue weighted by molar-refractivity contribution is -0.127. The van der Waals surface area contributed by atoms with E-state index >= 15 is 0 Å². The molecule has 2 aromatic heterocycles. The van der Waals surface area contributed by atoms with Gasteiger partial charge in [-0.1, -0.05) is 40.5 Å². The largest absolute Gasteiger partial charge is 0.337 e. The highest BCUT2D eigenvalue weighted by molar-refractivity contribution is 7.99. The molecular weight excluding hydrogens is 413 g/mol. The van der Waals surface area contributed by atoms with Crippen LogP contribution in [-0.4, -0.2) is 33.7 Å². The monoisotopic (exact) mass is 427 g/mol. The molecule has 0 aliphatic heterocycles. The van der Waals surface area contributed by atoms with E-state index in [2.05, 4.69) is 10.1 Å². The molecule has 3 aromatic rings. The Kier molecular flexibility index (Phi) is 6.58. The highest BCUT2D eigenvalue weighted by atomic mass is 35.5. The van der Waals surface area contributed by atoms with E-state index in [9.17, 15) is 4.79 Å². The minimum Gasteiger partial charge on any atom is -0.337 e. The van der Waals surface area contributed by atoms with Crippen molar-refractivity contribution in [3.63, 3.8) is 0 Å². The fourth-order valence-corrected chi connectivity index (χ4v) is 3.99. The van der Waals surface area contributed by atoms with Gasteiger partial charge < -0.3 is 9.42 Å². The van der Waals surface area contributed by atoms with Gasteiger partial charge in [-0.3, -0.25) is 4.79 Å². The summed E-state index contributed by atoms with van der Waals surface area (Å²) in [7, 11) is 1.72. The maximum absolute atomic E-state index is 12.3. The van der Waals surface area contributed by atoms with Crippen LogP contribution in [-0.2, 0) is 17.1 Å². The van der Waals surface area contributed by atoms with Crippen LogP contribution >= 0.6 is 46.3 Å². The van der Waals surface area contributed by atoms with Crippen molar-refractivity contribution in [1.82, 2.24) is 15.0 Å². The van der Waals surface area contributed by atoms with Gasteiger partial charge in [0.2, 0.25) is 17.6 Å². The van der Waals surface area contributed by atoms with Crippen LogP contribution in [0.3, 0.4) is 0 Å². The maximum Gasteiger partial charge on any atom is 0.246 e. The lowest BCUT2D eigenvalue weighted by Gasteiger charge is -2.14. The standard InChI is InChI=1S/C17H15Cl2N3O2S2/c1-22(8-15-20-17(21-24-15)14-3-2-6-26-14)16(23)10-25-9-11-4-5-12(18)13(19)7-11/h2-7H,8-10H2,1H3. The number of benzene rings is 1. The molecule has 0 radical (unpaired) electrons. The number of nitrogens with zero attached hydrogens (tertiary/aromatic N) is 3. The molecule has 0 N–H and O–H groups in total. The van der Waals surface area contributed by atoms with Crippen LogP contribution in [0.1, 0.15) is 11.5 Å². The Morgan fingerprint density at radius 2 is 2.15 bits per heavy atom. The van der Waals surface area contributed by atoms with Gasteiger partial charge in [-0.25, -0.2) is 0 Å². The molecule has 0 atom stereocenters. The summed E-state index contributed by atoms with van der Waals surface area (Å²) in [6, 6.07) is 9.33. The molecule has 3 rings (SSSR count). The Labute approximate surface area is 169 Å². The SMILES string of the molecule is CN(Cc1nc(-c2cccs2)no1)C(=O)CSCc1ccc(Cl)c(Cl)c1. The zero-order valence-corrected chi connectivity index (χ0v) is 17.0. The first-order valence-electron chi connectivity index (χ1n) is 7.65. The van der Waals surface area contributed by atoms with E-state index in [1.165, 1.54) is 23.1 Å². The molecule has 0 unspecified atom stereocenters. The second-order valence-corrected chi connectivity index (χ2v) is 8.23. The Hall–Kier alpha value is -1.54. The zero-order chi connectivity index (χ0) is 18.5. The van der Waals surface area contributed by atoms with Crippen LogP contribution in [0.4, 0.5) is 0 Å². The van der Waals surface area contributed by atoms with Crippen LogP contribution in [0.5, 0.6) is 0 Å². The van der Waals surface area contributed by atoms with E-state index in [1.54, 1.807) is 18.0 Å². The Bertz CT molecular complexity index is 884. The topological polar surface area (TPSA) is 59.2 Å². The molecule has 9 heteroatoms. The second kappa shape index (κ2) is 8.90. The van der Waals surface area contributed by atoms with E-state index in [1.807, 2.05) is 29.6 Å². The first kappa shape index (κ1) is 19.2. The van der Waals surface area contributed by atoms with Crippen molar-refractivity contribution in [2.24, 2.45) is 0 Å².